The third kappa shape index (κ3) is 9.59. The smallest absolute Gasteiger partial charge is 0.417 e. The van der Waals surface area contributed by atoms with Crippen LogP contribution in [0.5, 0.6) is 0 Å². The zero-order chi connectivity index (χ0) is 42.5. The number of anilines is 2. The van der Waals surface area contributed by atoms with Crippen molar-refractivity contribution in [1.82, 2.24) is 49.1 Å². The number of amides is 1. The number of nitrogen functional groups attached to an aromatic ring is 1. The molecule has 0 fully saturated rings. The number of halogens is 6. The molecule has 8 rings (SSSR count). The molecule has 8 aromatic rings. The number of carboxylic acids is 1. The van der Waals surface area contributed by atoms with Gasteiger partial charge >= 0.3 is 18.3 Å². The van der Waals surface area contributed by atoms with Crippen LogP contribution in [-0.2, 0) is 12.4 Å². The summed E-state index contributed by atoms with van der Waals surface area (Å²) in [6, 6.07) is 12.9. The lowest BCUT2D eigenvalue weighted by atomic mass is 10.0. The van der Waals surface area contributed by atoms with E-state index in [1.807, 2.05) is 6.92 Å². The minimum Gasteiger partial charge on any atom is -0.477 e. The fourth-order valence-corrected chi connectivity index (χ4v) is 5.30. The summed E-state index contributed by atoms with van der Waals surface area (Å²) in [5, 5.41) is 19.4. The lowest BCUT2D eigenvalue weighted by Gasteiger charge is -2.12. The van der Waals surface area contributed by atoms with Crippen LogP contribution in [0.25, 0.3) is 33.8 Å². The highest BCUT2D eigenvalue weighted by atomic mass is 19.4. The number of benzene rings is 2. The first-order valence-corrected chi connectivity index (χ1v) is 16.9. The van der Waals surface area contributed by atoms with Gasteiger partial charge in [-0.25, -0.2) is 33.8 Å². The second kappa shape index (κ2) is 16.7. The minimum absolute atomic E-state index is 0.0121. The van der Waals surface area contributed by atoms with Crippen LogP contribution < -0.4 is 11.1 Å². The van der Waals surface area contributed by atoms with Crippen LogP contribution in [0.4, 0.5) is 38.0 Å². The molecule has 0 unspecified atom stereocenters. The van der Waals surface area contributed by atoms with Gasteiger partial charge < -0.3 is 16.2 Å². The van der Waals surface area contributed by atoms with Gasteiger partial charge in [0.1, 0.15) is 16.9 Å². The summed E-state index contributed by atoms with van der Waals surface area (Å²) in [5.41, 5.74) is 5.13. The molecule has 21 heteroatoms. The number of nitrogens with one attached hydrogen (secondary N) is 1. The van der Waals surface area contributed by atoms with Gasteiger partial charge in [-0.3, -0.25) is 14.8 Å². The maximum atomic E-state index is 13.3. The number of alkyl halides is 6. The van der Waals surface area contributed by atoms with E-state index in [2.05, 4.69) is 45.4 Å². The number of carbonyl (C=O) groups is 2. The first kappa shape index (κ1) is 40.8. The second-order valence-electron chi connectivity index (χ2n) is 12.3. The van der Waals surface area contributed by atoms with E-state index < -0.39 is 35.4 Å². The lowest BCUT2D eigenvalue weighted by Crippen LogP contribution is -2.13. The molecule has 0 saturated heterocycles. The predicted molar refractivity (Wildman–Crippen MR) is 200 cm³/mol. The van der Waals surface area contributed by atoms with Crippen LogP contribution in [0.3, 0.4) is 0 Å². The van der Waals surface area contributed by atoms with Crippen molar-refractivity contribution in [3.8, 4) is 22.5 Å². The normalized spacial score (nSPS) is 11.3. The van der Waals surface area contributed by atoms with E-state index in [0.29, 0.717) is 11.5 Å². The number of hydrogen-bond donors (Lipinski definition) is 3. The summed E-state index contributed by atoms with van der Waals surface area (Å²) < 4.78 is 81.7. The number of fused-ring (bicyclic) bond motifs is 2. The van der Waals surface area contributed by atoms with E-state index in [-0.39, 0.29) is 50.8 Å². The molecule has 59 heavy (non-hydrogen) atoms. The Hall–Kier alpha value is -7.84. The standard InChI is InChI=1S/C19H13F3N6O.C14H8F3N3O2.C5H7N3/c1-11-8-24-16(10-23-11)27-18(29)13-9-25-28-7-6-15(26-17(13)28)12-4-2-3-5-14(12)19(20,21)22;15-14(16,17)10-4-2-1-3-8(10)11-5-6-20-12(19-11)9(7-18-20)13(21)22;1-4-2-8-5(6)3-7-4/h2-10H,1H3,(H,24,27,29);1-7H,(H,21,22);2-3H,1H3,(H2,6,8). The summed E-state index contributed by atoms with van der Waals surface area (Å²) >= 11 is 0. The van der Waals surface area contributed by atoms with E-state index in [9.17, 15) is 35.9 Å². The molecule has 0 aliphatic heterocycles. The summed E-state index contributed by atoms with van der Waals surface area (Å²) in [7, 11) is 0. The lowest BCUT2D eigenvalue weighted by molar-refractivity contribution is -0.137. The largest absolute Gasteiger partial charge is 0.477 e. The molecule has 0 radical (unpaired) electrons. The van der Waals surface area contributed by atoms with Gasteiger partial charge in [0.05, 0.1) is 71.1 Å². The molecule has 0 spiro atoms. The maximum absolute atomic E-state index is 13.3. The van der Waals surface area contributed by atoms with Gasteiger partial charge in [0.15, 0.2) is 17.1 Å². The van der Waals surface area contributed by atoms with Crippen molar-refractivity contribution < 1.29 is 41.0 Å². The van der Waals surface area contributed by atoms with Gasteiger partial charge in [0.2, 0.25) is 0 Å². The van der Waals surface area contributed by atoms with Crippen LogP contribution in [0.1, 0.15) is 43.2 Å². The monoisotopic (exact) mass is 814 g/mol. The molecule has 300 valence electrons. The van der Waals surface area contributed by atoms with Gasteiger partial charge in [-0.15, -0.1) is 0 Å². The Labute approximate surface area is 328 Å². The third-order valence-electron chi connectivity index (χ3n) is 8.05. The SMILES string of the molecule is Cc1cnc(N)cn1.Cc1cnc(NC(=O)c2cnn3ccc(-c4ccccc4C(F)(F)F)nc23)cn1.O=C(O)c1cnn2ccc(-c3ccccc3C(F)(F)F)nc12. The first-order chi connectivity index (χ1) is 28.0. The van der Waals surface area contributed by atoms with Gasteiger partial charge in [-0.2, -0.15) is 36.5 Å². The Morgan fingerprint density at radius 1 is 0.627 bits per heavy atom. The van der Waals surface area contributed by atoms with Crippen LogP contribution >= 0.6 is 0 Å². The van der Waals surface area contributed by atoms with Gasteiger partial charge in [-0.1, -0.05) is 36.4 Å². The fraction of sp³-hybridized carbons (Fsp3) is 0.105. The fourth-order valence-electron chi connectivity index (χ4n) is 5.30. The van der Waals surface area contributed by atoms with E-state index in [1.54, 1.807) is 13.1 Å². The molecule has 4 N–H and O–H groups in total. The molecule has 0 atom stereocenters. The number of aryl methyl sites for hydroxylation is 2. The van der Waals surface area contributed by atoms with Crippen LogP contribution in [0.2, 0.25) is 0 Å². The zero-order valence-corrected chi connectivity index (χ0v) is 30.5. The number of hydrogen-bond acceptors (Lipinski definition) is 11. The highest BCUT2D eigenvalue weighted by Gasteiger charge is 2.35. The van der Waals surface area contributed by atoms with Gasteiger partial charge in [-0.05, 0) is 38.1 Å². The Bertz CT molecular complexity index is 2750. The van der Waals surface area contributed by atoms with Crippen molar-refractivity contribution in [3.63, 3.8) is 0 Å². The van der Waals surface area contributed by atoms with E-state index in [4.69, 9.17) is 10.8 Å². The molecular weight excluding hydrogens is 786 g/mol. The van der Waals surface area contributed by atoms with Crippen molar-refractivity contribution in [2.75, 3.05) is 11.1 Å². The van der Waals surface area contributed by atoms with Crippen LogP contribution in [-0.4, -0.2) is 66.1 Å². The van der Waals surface area contributed by atoms with E-state index >= 15 is 0 Å². The highest BCUT2D eigenvalue weighted by Crippen LogP contribution is 2.37. The molecule has 0 aliphatic carbocycles. The average Bonchev–Trinajstić information content (AvgIpc) is 3.84. The molecule has 2 aromatic carbocycles. The second-order valence-corrected chi connectivity index (χ2v) is 12.3. The number of nitrogens with zero attached hydrogens (tertiary/aromatic N) is 10. The van der Waals surface area contributed by atoms with Crippen molar-refractivity contribution >= 4 is 34.8 Å². The first-order valence-electron chi connectivity index (χ1n) is 16.9. The Morgan fingerprint density at radius 3 is 1.54 bits per heavy atom. The molecule has 6 aromatic heterocycles. The molecule has 6 heterocycles. The van der Waals surface area contributed by atoms with E-state index in [0.717, 1.165) is 24.0 Å². The number of aromatic carboxylic acids is 1. The third-order valence-corrected chi connectivity index (χ3v) is 8.05. The molecular formula is C38H28F6N12O3. The van der Waals surface area contributed by atoms with Crippen molar-refractivity contribution in [1.29, 1.82) is 0 Å². The summed E-state index contributed by atoms with van der Waals surface area (Å²) in [6.07, 6.45) is 2.22. The van der Waals surface area contributed by atoms with Gasteiger partial charge in [0, 0.05) is 23.5 Å². The Morgan fingerprint density at radius 2 is 1.10 bits per heavy atom. The number of aromatic nitrogens is 10. The number of rotatable bonds is 5. The average molecular weight is 815 g/mol. The van der Waals surface area contributed by atoms with Crippen LogP contribution in [0.15, 0.2) is 110 Å². The molecule has 0 bridgehead atoms. The van der Waals surface area contributed by atoms with E-state index in [1.165, 1.54) is 94.7 Å². The molecule has 0 saturated carbocycles. The summed E-state index contributed by atoms with van der Waals surface area (Å²) in [6.45, 7) is 3.63. The quantitative estimate of drug-likeness (QED) is 0.147. The number of carbonyl (C=O) groups excluding carboxylic acids is 1. The molecule has 1 amide bonds. The minimum atomic E-state index is -4.53. The zero-order valence-electron chi connectivity index (χ0n) is 30.5. The summed E-state index contributed by atoms with van der Waals surface area (Å²) in [4.78, 5) is 47.7. The highest BCUT2D eigenvalue weighted by molar-refractivity contribution is 6.07. The summed E-state index contributed by atoms with van der Waals surface area (Å²) in [5.74, 6) is -1.09. The van der Waals surface area contributed by atoms with Crippen molar-refractivity contribution in [2.24, 2.45) is 0 Å². The maximum Gasteiger partial charge on any atom is 0.417 e. The van der Waals surface area contributed by atoms with Gasteiger partial charge in [0.25, 0.3) is 5.91 Å². The number of nitrogens with two attached hydrogens (primary N) is 1. The van der Waals surface area contributed by atoms with Crippen molar-refractivity contribution in [3.05, 3.63) is 144 Å². The predicted octanol–water partition coefficient (Wildman–Crippen LogP) is 7.25. The molecule has 0 aliphatic rings. The Balaban J connectivity index is 0.000000171. The van der Waals surface area contributed by atoms with Crippen molar-refractivity contribution in [2.45, 2.75) is 26.2 Å². The Kier molecular flexibility index (Phi) is 11.6. The topological polar surface area (TPSA) is 204 Å². The van der Waals surface area contributed by atoms with Crippen LogP contribution in [0, 0.1) is 13.8 Å². The molecule has 15 nitrogen and oxygen atoms in total. The number of carboxylic acid groups (broad SMARTS) is 1.